The molecule has 0 unspecified atom stereocenters. The molecule has 0 aliphatic carbocycles. The molecule has 0 fully saturated rings. The highest BCUT2D eigenvalue weighted by Gasteiger charge is 2.32. The zero-order valence-electron chi connectivity index (χ0n) is 24.2. The molecule has 2 amide bonds. The monoisotopic (exact) mass is 826 g/mol. The molecule has 1 heterocycles. The molecule has 232 valence electrons. The lowest BCUT2D eigenvalue weighted by atomic mass is 9.95. The molecular formula is C31H32I2N4O7. The summed E-state index contributed by atoms with van der Waals surface area (Å²) in [5.41, 5.74) is 5.86. The van der Waals surface area contributed by atoms with Crippen LogP contribution in [0, 0.1) is 7.14 Å². The Bertz CT molecular complexity index is 1530. The Balaban J connectivity index is 1.37. The molecule has 0 spiro atoms. The van der Waals surface area contributed by atoms with Crippen LogP contribution >= 0.6 is 45.2 Å². The maximum Gasteiger partial charge on any atom is 0.337 e. The van der Waals surface area contributed by atoms with Crippen molar-refractivity contribution in [3.8, 4) is 17.2 Å². The standard InChI is InChI=1S/C31H32I2N4O7/c1-4-42-25-14-21(28-27(30(39)41-3)18(2)35-31(40)36-28)10-11-24(25)43-17-26(38)37-34-15-20-12-22(32)29(23(33)13-20)44-16-19-8-6-5-7-9-19/h5-15,26,28,37-38H,4,16-17H2,1-3H3,(H2,35,36,40)/b34-15-/t26-,28+/m0/s1. The summed E-state index contributed by atoms with van der Waals surface area (Å²) in [4.78, 5) is 24.6. The molecule has 4 N–H and O–H groups in total. The van der Waals surface area contributed by atoms with E-state index in [1.54, 1.807) is 31.3 Å². The Morgan fingerprint density at radius 3 is 2.48 bits per heavy atom. The van der Waals surface area contributed by atoms with Gasteiger partial charge >= 0.3 is 12.0 Å². The molecule has 0 saturated heterocycles. The normalized spacial score (nSPS) is 15.3. The van der Waals surface area contributed by atoms with E-state index >= 15 is 0 Å². The summed E-state index contributed by atoms with van der Waals surface area (Å²) in [5.74, 6) is 0.995. The van der Waals surface area contributed by atoms with Crippen molar-refractivity contribution >= 4 is 63.4 Å². The van der Waals surface area contributed by atoms with E-state index in [4.69, 9.17) is 18.9 Å². The third-order valence-electron chi connectivity index (χ3n) is 6.36. The number of allylic oxidation sites excluding steroid dienone is 1. The fourth-order valence-electron chi connectivity index (χ4n) is 4.34. The molecular weight excluding hydrogens is 794 g/mol. The average molecular weight is 826 g/mol. The van der Waals surface area contributed by atoms with Gasteiger partial charge in [0.1, 0.15) is 19.0 Å². The van der Waals surface area contributed by atoms with Gasteiger partial charge in [-0.2, -0.15) is 5.10 Å². The van der Waals surface area contributed by atoms with E-state index in [1.807, 2.05) is 49.4 Å². The van der Waals surface area contributed by atoms with Crippen molar-refractivity contribution < 1.29 is 33.6 Å². The summed E-state index contributed by atoms with van der Waals surface area (Å²) >= 11 is 4.46. The fourth-order valence-corrected chi connectivity index (χ4v) is 6.47. The third kappa shape index (κ3) is 8.75. The highest BCUT2D eigenvalue weighted by Crippen LogP contribution is 2.35. The third-order valence-corrected chi connectivity index (χ3v) is 7.96. The van der Waals surface area contributed by atoms with E-state index in [1.165, 1.54) is 7.11 Å². The van der Waals surface area contributed by atoms with E-state index in [0.717, 1.165) is 24.0 Å². The predicted molar refractivity (Wildman–Crippen MR) is 182 cm³/mol. The van der Waals surface area contributed by atoms with Crippen molar-refractivity contribution in [2.45, 2.75) is 32.7 Å². The van der Waals surface area contributed by atoms with Crippen LogP contribution in [0.25, 0.3) is 0 Å². The number of halogens is 2. The smallest absolute Gasteiger partial charge is 0.337 e. The molecule has 3 aromatic carbocycles. The van der Waals surface area contributed by atoms with Gasteiger partial charge in [0, 0.05) is 5.70 Å². The lowest BCUT2D eigenvalue weighted by molar-refractivity contribution is -0.136. The van der Waals surface area contributed by atoms with E-state index in [9.17, 15) is 14.7 Å². The maximum absolute atomic E-state index is 12.4. The van der Waals surface area contributed by atoms with Gasteiger partial charge in [0.2, 0.25) is 0 Å². The van der Waals surface area contributed by atoms with Crippen molar-refractivity contribution in [1.29, 1.82) is 0 Å². The number of carbonyl (C=O) groups excluding carboxylic acids is 2. The van der Waals surface area contributed by atoms with Crippen molar-refractivity contribution in [3.05, 3.63) is 95.8 Å². The van der Waals surface area contributed by atoms with Crippen molar-refractivity contribution in [2.75, 3.05) is 20.3 Å². The number of nitrogens with zero attached hydrogens (tertiary/aromatic N) is 1. The van der Waals surface area contributed by atoms with Gasteiger partial charge in [-0.25, -0.2) is 9.59 Å². The topological polar surface area (TPSA) is 140 Å². The molecule has 3 aromatic rings. The second-order valence-corrected chi connectivity index (χ2v) is 11.8. The van der Waals surface area contributed by atoms with Crippen LogP contribution in [0.5, 0.6) is 17.2 Å². The first-order valence-corrected chi connectivity index (χ1v) is 15.7. The number of urea groups is 1. The Labute approximate surface area is 282 Å². The van der Waals surface area contributed by atoms with Gasteiger partial charge in [-0.3, -0.25) is 5.43 Å². The molecule has 4 rings (SSSR count). The summed E-state index contributed by atoms with van der Waals surface area (Å²) in [5, 5.41) is 20.0. The van der Waals surface area contributed by atoms with Crippen LogP contribution < -0.4 is 30.3 Å². The van der Waals surface area contributed by atoms with Gasteiger partial charge in [-0.1, -0.05) is 36.4 Å². The summed E-state index contributed by atoms with van der Waals surface area (Å²) in [6, 6.07) is 17.7. The number of amides is 2. The molecule has 0 saturated carbocycles. The minimum absolute atomic E-state index is 0.130. The largest absolute Gasteiger partial charge is 0.490 e. The van der Waals surface area contributed by atoms with Crippen LogP contribution in [0.1, 0.15) is 36.6 Å². The Morgan fingerprint density at radius 1 is 1.07 bits per heavy atom. The summed E-state index contributed by atoms with van der Waals surface area (Å²) in [6.45, 7) is 4.14. The lowest BCUT2D eigenvalue weighted by Crippen LogP contribution is -2.45. The average Bonchev–Trinajstić information content (AvgIpc) is 3.00. The van der Waals surface area contributed by atoms with Crippen molar-refractivity contribution in [2.24, 2.45) is 5.10 Å². The number of esters is 1. The molecule has 2 atom stereocenters. The second kappa shape index (κ2) is 15.9. The number of carbonyl (C=O) groups is 2. The number of hydrogen-bond donors (Lipinski definition) is 4. The number of methoxy groups -OCH3 is 1. The second-order valence-electron chi connectivity index (χ2n) is 9.50. The van der Waals surface area contributed by atoms with Crippen LogP contribution in [0.4, 0.5) is 4.79 Å². The molecule has 11 nitrogen and oxygen atoms in total. The number of rotatable bonds is 13. The SMILES string of the molecule is CCOc1cc([C@H]2NC(=O)NC(C)=C2C(=O)OC)ccc1OC[C@H](O)N/N=C\c1cc(I)c(OCc2ccccc2)c(I)c1. The summed E-state index contributed by atoms with van der Waals surface area (Å²) in [7, 11) is 1.28. The number of ether oxygens (including phenoxy) is 4. The Hall–Kier alpha value is -3.57. The van der Waals surface area contributed by atoms with Crippen LogP contribution in [-0.2, 0) is 16.1 Å². The van der Waals surface area contributed by atoms with Gasteiger partial charge in [0.05, 0.1) is 38.7 Å². The molecule has 1 aliphatic rings. The summed E-state index contributed by atoms with van der Waals surface area (Å²) < 4.78 is 24.4. The molecule has 0 bridgehead atoms. The van der Waals surface area contributed by atoms with E-state index in [0.29, 0.717) is 36.0 Å². The van der Waals surface area contributed by atoms with Gasteiger partial charge < -0.3 is 34.7 Å². The van der Waals surface area contributed by atoms with Gasteiger partial charge in [0.25, 0.3) is 0 Å². The molecule has 0 aromatic heterocycles. The Morgan fingerprint density at radius 2 is 1.80 bits per heavy atom. The predicted octanol–water partition coefficient (Wildman–Crippen LogP) is 5.00. The number of aliphatic hydroxyl groups is 1. The first kappa shape index (κ1) is 33.3. The number of hydrogen-bond acceptors (Lipinski definition) is 9. The fraction of sp³-hybridized carbons (Fsp3) is 0.258. The van der Waals surface area contributed by atoms with Crippen LogP contribution in [-0.4, -0.2) is 49.9 Å². The highest BCUT2D eigenvalue weighted by atomic mass is 127. The quantitative estimate of drug-likeness (QED) is 0.0622. The van der Waals surface area contributed by atoms with Crippen molar-refractivity contribution in [3.63, 3.8) is 0 Å². The zero-order chi connectivity index (χ0) is 31.6. The zero-order valence-corrected chi connectivity index (χ0v) is 28.5. The number of benzene rings is 3. The maximum atomic E-state index is 12.4. The van der Waals surface area contributed by atoms with Gasteiger partial charge in [-0.05, 0) is 100.0 Å². The lowest BCUT2D eigenvalue weighted by Gasteiger charge is -2.28. The van der Waals surface area contributed by atoms with Gasteiger partial charge in [0.15, 0.2) is 17.7 Å². The van der Waals surface area contributed by atoms with Crippen LogP contribution in [0.2, 0.25) is 0 Å². The minimum Gasteiger partial charge on any atom is -0.490 e. The van der Waals surface area contributed by atoms with E-state index in [-0.39, 0.29) is 12.2 Å². The number of nitrogens with one attached hydrogen (secondary N) is 3. The van der Waals surface area contributed by atoms with Crippen molar-refractivity contribution in [1.82, 2.24) is 16.1 Å². The number of hydrazone groups is 1. The molecule has 13 heteroatoms. The van der Waals surface area contributed by atoms with Crippen LogP contribution in [0.3, 0.4) is 0 Å². The molecule has 0 radical (unpaired) electrons. The van der Waals surface area contributed by atoms with Gasteiger partial charge in [-0.15, -0.1) is 0 Å². The minimum atomic E-state index is -1.12. The Kier molecular flexibility index (Phi) is 12.1. The van der Waals surface area contributed by atoms with Crippen LogP contribution in [0.15, 0.2) is 77.0 Å². The highest BCUT2D eigenvalue weighted by molar-refractivity contribution is 14.1. The molecule has 44 heavy (non-hydrogen) atoms. The van der Waals surface area contributed by atoms with E-state index < -0.39 is 24.3 Å². The summed E-state index contributed by atoms with van der Waals surface area (Å²) in [6.07, 6.45) is 0.490. The first-order chi connectivity index (χ1) is 21.2. The first-order valence-electron chi connectivity index (χ1n) is 13.6. The number of aliphatic hydroxyl groups excluding tert-OH is 1. The van der Waals surface area contributed by atoms with E-state index in [2.05, 4.69) is 66.3 Å². The molecule has 1 aliphatic heterocycles.